The van der Waals surface area contributed by atoms with Crippen LogP contribution in [0.3, 0.4) is 0 Å². The molecular formula is C7H4Br2F2O. The van der Waals surface area contributed by atoms with Crippen molar-refractivity contribution in [1.29, 1.82) is 0 Å². The van der Waals surface area contributed by atoms with Crippen LogP contribution in [-0.4, -0.2) is 5.11 Å². The van der Waals surface area contributed by atoms with Crippen LogP contribution >= 0.6 is 31.9 Å². The van der Waals surface area contributed by atoms with E-state index in [-0.39, 0.29) is 5.56 Å². The van der Waals surface area contributed by atoms with E-state index in [4.69, 9.17) is 5.11 Å². The Balaban J connectivity index is 3.42. The quantitative estimate of drug-likeness (QED) is 0.791. The van der Waals surface area contributed by atoms with Crippen molar-refractivity contribution in [3.63, 3.8) is 0 Å². The molecule has 0 radical (unpaired) electrons. The lowest BCUT2D eigenvalue weighted by Gasteiger charge is -2.05. The van der Waals surface area contributed by atoms with E-state index in [2.05, 4.69) is 31.9 Å². The molecule has 0 aromatic heterocycles. The number of hydrogen-bond acceptors (Lipinski definition) is 1. The summed E-state index contributed by atoms with van der Waals surface area (Å²) in [5.74, 6) is -2.00. The predicted octanol–water partition coefficient (Wildman–Crippen LogP) is 2.98. The van der Waals surface area contributed by atoms with Gasteiger partial charge in [-0.1, -0.05) is 0 Å². The van der Waals surface area contributed by atoms with Gasteiger partial charge in [0, 0.05) is 14.5 Å². The Morgan fingerprint density at radius 2 is 1.92 bits per heavy atom. The van der Waals surface area contributed by atoms with Gasteiger partial charge in [-0.05, 0) is 37.9 Å². The molecule has 0 atom stereocenters. The van der Waals surface area contributed by atoms with Gasteiger partial charge in [-0.3, -0.25) is 0 Å². The molecule has 1 N–H and O–H groups in total. The molecule has 1 nitrogen and oxygen atoms in total. The Morgan fingerprint density at radius 3 is 2.42 bits per heavy atom. The summed E-state index contributed by atoms with van der Waals surface area (Å²) in [5.41, 5.74) is -0.0816. The van der Waals surface area contributed by atoms with Gasteiger partial charge in [0.25, 0.3) is 0 Å². The third-order valence-corrected chi connectivity index (χ3v) is 3.42. The normalized spacial score (nSPS) is 10.4. The number of halogens is 4. The van der Waals surface area contributed by atoms with Crippen LogP contribution in [0.15, 0.2) is 15.0 Å². The van der Waals surface area contributed by atoms with E-state index in [9.17, 15) is 8.78 Å². The molecule has 0 bridgehead atoms. The van der Waals surface area contributed by atoms with Crippen molar-refractivity contribution in [2.75, 3.05) is 0 Å². The number of hydrogen-bond donors (Lipinski definition) is 1. The second-order valence-electron chi connectivity index (χ2n) is 2.10. The zero-order chi connectivity index (χ0) is 9.30. The third kappa shape index (κ3) is 1.67. The van der Waals surface area contributed by atoms with E-state index in [1.807, 2.05) is 0 Å². The zero-order valence-electron chi connectivity index (χ0n) is 5.74. The van der Waals surface area contributed by atoms with Crippen molar-refractivity contribution in [3.8, 4) is 0 Å². The van der Waals surface area contributed by atoms with Crippen LogP contribution in [0, 0.1) is 11.6 Å². The summed E-state index contributed by atoms with van der Waals surface area (Å²) in [6.07, 6.45) is 0. The lowest BCUT2D eigenvalue weighted by Crippen LogP contribution is -1.96. The molecule has 12 heavy (non-hydrogen) atoms. The molecule has 0 fully saturated rings. The Hall–Kier alpha value is -0.000000000000000111. The minimum absolute atomic E-state index is 0.0816. The summed E-state index contributed by atoms with van der Waals surface area (Å²) in [6, 6.07) is 0.999. The molecule has 66 valence electrons. The maximum Gasteiger partial charge on any atom is 0.165 e. The fourth-order valence-corrected chi connectivity index (χ4v) is 1.62. The minimum atomic E-state index is -1.02. The van der Waals surface area contributed by atoms with Crippen molar-refractivity contribution in [1.82, 2.24) is 0 Å². The lowest BCUT2D eigenvalue weighted by molar-refractivity contribution is 0.272. The average molecular weight is 302 g/mol. The highest BCUT2D eigenvalue weighted by molar-refractivity contribution is 9.13. The van der Waals surface area contributed by atoms with Gasteiger partial charge < -0.3 is 5.11 Å². The first kappa shape index (κ1) is 10.1. The molecule has 0 heterocycles. The first-order chi connectivity index (χ1) is 5.57. The molecule has 0 aliphatic heterocycles. The van der Waals surface area contributed by atoms with Crippen molar-refractivity contribution in [2.24, 2.45) is 0 Å². The van der Waals surface area contributed by atoms with Crippen molar-refractivity contribution in [2.45, 2.75) is 6.61 Å². The Labute approximate surface area is 84.7 Å². The molecule has 0 saturated carbocycles. The Morgan fingerprint density at radius 1 is 1.33 bits per heavy atom. The van der Waals surface area contributed by atoms with Crippen LogP contribution in [-0.2, 0) is 6.61 Å². The average Bonchev–Trinajstić information content (AvgIpc) is 2.02. The summed E-state index contributed by atoms with van der Waals surface area (Å²) in [7, 11) is 0. The van der Waals surface area contributed by atoms with Gasteiger partial charge in [-0.15, -0.1) is 0 Å². The van der Waals surface area contributed by atoms with Gasteiger partial charge in [0.1, 0.15) is 0 Å². The highest BCUT2D eigenvalue weighted by atomic mass is 79.9. The van der Waals surface area contributed by atoms with E-state index >= 15 is 0 Å². The molecular weight excluding hydrogens is 298 g/mol. The first-order valence-electron chi connectivity index (χ1n) is 3.00. The van der Waals surface area contributed by atoms with Crippen molar-refractivity contribution in [3.05, 3.63) is 32.2 Å². The number of rotatable bonds is 1. The summed E-state index contributed by atoms with van der Waals surface area (Å²) >= 11 is 6.02. The van der Waals surface area contributed by atoms with Crippen LogP contribution in [0.25, 0.3) is 0 Å². The molecule has 0 amide bonds. The fourth-order valence-electron chi connectivity index (χ4n) is 0.761. The third-order valence-electron chi connectivity index (χ3n) is 1.36. The van der Waals surface area contributed by atoms with E-state index in [0.29, 0.717) is 8.95 Å². The summed E-state index contributed by atoms with van der Waals surface area (Å²) in [4.78, 5) is 0. The minimum Gasteiger partial charge on any atom is -0.392 e. The second-order valence-corrected chi connectivity index (χ2v) is 3.75. The fraction of sp³-hybridized carbons (Fsp3) is 0.143. The molecule has 0 saturated heterocycles. The van der Waals surface area contributed by atoms with E-state index in [0.717, 1.165) is 6.07 Å². The van der Waals surface area contributed by atoms with Crippen LogP contribution in [0.5, 0.6) is 0 Å². The number of aliphatic hydroxyl groups excluding tert-OH is 1. The van der Waals surface area contributed by atoms with Gasteiger partial charge in [-0.25, -0.2) is 8.78 Å². The number of aliphatic hydroxyl groups is 1. The van der Waals surface area contributed by atoms with E-state index < -0.39 is 18.2 Å². The lowest BCUT2D eigenvalue weighted by atomic mass is 10.2. The Kier molecular flexibility index (Phi) is 3.20. The molecule has 1 aromatic carbocycles. The molecule has 0 aliphatic rings. The highest BCUT2D eigenvalue weighted by Crippen LogP contribution is 2.30. The largest absolute Gasteiger partial charge is 0.392 e. The summed E-state index contributed by atoms with van der Waals surface area (Å²) in [6.45, 7) is -0.539. The summed E-state index contributed by atoms with van der Waals surface area (Å²) in [5, 5.41) is 8.69. The molecule has 0 aliphatic carbocycles. The van der Waals surface area contributed by atoms with Crippen molar-refractivity contribution >= 4 is 31.9 Å². The van der Waals surface area contributed by atoms with E-state index in [1.165, 1.54) is 0 Å². The molecule has 1 rings (SSSR count). The van der Waals surface area contributed by atoms with Gasteiger partial charge >= 0.3 is 0 Å². The second kappa shape index (κ2) is 3.81. The Bertz CT molecular complexity index is 289. The summed E-state index contributed by atoms with van der Waals surface area (Å²) < 4.78 is 26.2. The molecule has 0 spiro atoms. The predicted molar refractivity (Wildman–Crippen MR) is 47.7 cm³/mol. The smallest absolute Gasteiger partial charge is 0.165 e. The van der Waals surface area contributed by atoms with Crippen molar-refractivity contribution < 1.29 is 13.9 Å². The van der Waals surface area contributed by atoms with Crippen LogP contribution in [0.2, 0.25) is 0 Å². The van der Waals surface area contributed by atoms with Gasteiger partial charge in [0.2, 0.25) is 0 Å². The first-order valence-corrected chi connectivity index (χ1v) is 4.59. The zero-order valence-corrected chi connectivity index (χ0v) is 8.92. The van der Waals surface area contributed by atoms with Gasteiger partial charge in [0.15, 0.2) is 11.6 Å². The number of benzene rings is 1. The molecule has 0 unspecified atom stereocenters. The molecule has 1 aromatic rings. The van der Waals surface area contributed by atoms with Crippen LogP contribution in [0.4, 0.5) is 8.78 Å². The SMILES string of the molecule is OCc1c(F)c(F)cc(Br)c1Br. The maximum atomic E-state index is 12.9. The monoisotopic (exact) mass is 300 g/mol. The van der Waals surface area contributed by atoms with Gasteiger partial charge in [0.05, 0.1) is 6.61 Å². The van der Waals surface area contributed by atoms with Crippen LogP contribution in [0.1, 0.15) is 5.56 Å². The van der Waals surface area contributed by atoms with Gasteiger partial charge in [-0.2, -0.15) is 0 Å². The van der Waals surface area contributed by atoms with Crippen LogP contribution < -0.4 is 0 Å². The topological polar surface area (TPSA) is 20.2 Å². The highest BCUT2D eigenvalue weighted by Gasteiger charge is 2.14. The van der Waals surface area contributed by atoms with E-state index in [1.54, 1.807) is 0 Å². The maximum absolute atomic E-state index is 12.9. The molecule has 5 heteroatoms. The standard InChI is InChI=1S/C7H4Br2F2O/c8-4-1-5(10)7(11)3(2-12)6(4)9/h1,12H,2H2.